The van der Waals surface area contributed by atoms with Crippen molar-refractivity contribution in [1.82, 2.24) is 0 Å². The van der Waals surface area contributed by atoms with Gasteiger partial charge >= 0.3 is 5.97 Å². The Balaban J connectivity index is 2.08. The number of nitrogen functional groups attached to an aromatic ring is 1. The fraction of sp³-hybridized carbons (Fsp3) is 0.0714. The number of benzene rings is 2. The third-order valence-corrected chi connectivity index (χ3v) is 2.97. The third kappa shape index (κ3) is 3.24. The van der Waals surface area contributed by atoms with Crippen molar-refractivity contribution in [3.05, 3.63) is 64.2 Å². The number of anilines is 1. The average Bonchev–Trinajstić information content (AvgIpc) is 2.42. The topological polar surface area (TPSA) is 52.3 Å². The average molecular weight is 298 g/mol. The van der Waals surface area contributed by atoms with Crippen molar-refractivity contribution in [2.24, 2.45) is 0 Å². The molecule has 0 aliphatic carbocycles. The first-order valence-corrected chi connectivity index (χ1v) is 6.01. The van der Waals surface area contributed by atoms with Gasteiger partial charge in [-0.1, -0.05) is 11.6 Å². The predicted molar refractivity (Wildman–Crippen MR) is 71.3 cm³/mol. The van der Waals surface area contributed by atoms with Crippen molar-refractivity contribution < 1.29 is 18.3 Å². The Kier molecular flexibility index (Phi) is 4.20. The Morgan fingerprint density at radius 2 is 1.95 bits per heavy atom. The largest absolute Gasteiger partial charge is 0.457 e. The van der Waals surface area contributed by atoms with Crippen molar-refractivity contribution in [2.75, 3.05) is 5.73 Å². The second-order valence-electron chi connectivity index (χ2n) is 4.05. The maximum atomic E-state index is 13.2. The number of carbonyl (C=O) groups excluding carboxylic acids is 1. The van der Waals surface area contributed by atoms with E-state index >= 15 is 0 Å². The summed E-state index contributed by atoms with van der Waals surface area (Å²) in [5, 5.41) is 0.280. The molecule has 2 N–H and O–H groups in total. The molecule has 0 atom stereocenters. The van der Waals surface area contributed by atoms with Gasteiger partial charge in [0.2, 0.25) is 0 Å². The van der Waals surface area contributed by atoms with Crippen LogP contribution < -0.4 is 5.73 Å². The van der Waals surface area contributed by atoms with Crippen molar-refractivity contribution in [3.8, 4) is 0 Å². The van der Waals surface area contributed by atoms with E-state index in [9.17, 15) is 13.6 Å². The van der Waals surface area contributed by atoms with Gasteiger partial charge in [-0.15, -0.1) is 0 Å². The maximum Gasteiger partial charge on any atom is 0.338 e. The van der Waals surface area contributed by atoms with Crippen LogP contribution in [0.25, 0.3) is 0 Å². The zero-order chi connectivity index (χ0) is 14.7. The van der Waals surface area contributed by atoms with Crippen LogP contribution >= 0.6 is 11.6 Å². The first-order chi connectivity index (χ1) is 9.47. The summed E-state index contributed by atoms with van der Waals surface area (Å²) in [7, 11) is 0. The zero-order valence-electron chi connectivity index (χ0n) is 10.2. The standard InChI is InChI=1S/C14H10ClF2NO2/c15-11-3-2-10(16)5-9(11)7-20-14(19)8-1-4-13(18)12(17)6-8/h1-6H,7,18H2. The van der Waals surface area contributed by atoms with Gasteiger partial charge in [-0.05, 0) is 36.4 Å². The lowest BCUT2D eigenvalue weighted by atomic mass is 10.2. The summed E-state index contributed by atoms with van der Waals surface area (Å²) in [5.74, 6) is -1.94. The Morgan fingerprint density at radius 3 is 2.65 bits per heavy atom. The molecule has 0 aromatic heterocycles. The highest BCUT2D eigenvalue weighted by atomic mass is 35.5. The molecule has 0 saturated carbocycles. The molecule has 2 aromatic rings. The molecule has 2 aromatic carbocycles. The number of esters is 1. The molecular weight excluding hydrogens is 288 g/mol. The van der Waals surface area contributed by atoms with Crippen LogP contribution in [-0.2, 0) is 11.3 Å². The molecule has 0 aliphatic rings. The molecule has 0 amide bonds. The van der Waals surface area contributed by atoms with E-state index < -0.39 is 17.6 Å². The number of halogens is 3. The fourth-order valence-electron chi connectivity index (χ4n) is 1.53. The lowest BCUT2D eigenvalue weighted by Crippen LogP contribution is -2.06. The van der Waals surface area contributed by atoms with Crippen molar-refractivity contribution in [1.29, 1.82) is 0 Å². The number of hydrogen-bond donors (Lipinski definition) is 1. The predicted octanol–water partition coefficient (Wildman–Crippen LogP) is 3.56. The van der Waals surface area contributed by atoms with E-state index in [1.54, 1.807) is 0 Å². The van der Waals surface area contributed by atoms with Gasteiger partial charge in [0.25, 0.3) is 0 Å². The van der Waals surface area contributed by atoms with Crippen molar-refractivity contribution >= 4 is 23.3 Å². The molecule has 6 heteroatoms. The van der Waals surface area contributed by atoms with Crippen LogP contribution in [0.5, 0.6) is 0 Å². The lowest BCUT2D eigenvalue weighted by molar-refractivity contribution is 0.0472. The first kappa shape index (κ1) is 14.3. The van der Waals surface area contributed by atoms with E-state index in [2.05, 4.69) is 0 Å². The minimum Gasteiger partial charge on any atom is -0.457 e. The molecule has 0 bridgehead atoms. The summed E-state index contributed by atoms with van der Waals surface area (Å²) < 4.78 is 31.2. The van der Waals surface area contributed by atoms with Gasteiger partial charge in [-0.2, -0.15) is 0 Å². The Labute approximate surface area is 118 Å². The van der Waals surface area contributed by atoms with E-state index in [1.165, 1.54) is 30.3 Å². The molecule has 0 spiro atoms. The van der Waals surface area contributed by atoms with E-state index in [0.29, 0.717) is 5.56 Å². The van der Waals surface area contributed by atoms with Gasteiger partial charge < -0.3 is 10.5 Å². The number of hydrogen-bond acceptors (Lipinski definition) is 3. The van der Waals surface area contributed by atoms with E-state index in [4.69, 9.17) is 22.1 Å². The Morgan fingerprint density at radius 1 is 1.20 bits per heavy atom. The van der Waals surface area contributed by atoms with Gasteiger partial charge in [-0.25, -0.2) is 13.6 Å². The highest BCUT2D eigenvalue weighted by molar-refractivity contribution is 6.31. The van der Waals surface area contributed by atoms with Crippen LogP contribution in [0.2, 0.25) is 5.02 Å². The second-order valence-corrected chi connectivity index (χ2v) is 4.46. The van der Waals surface area contributed by atoms with Gasteiger partial charge in [0.05, 0.1) is 11.3 Å². The summed E-state index contributed by atoms with van der Waals surface area (Å²) in [6, 6.07) is 7.31. The minimum absolute atomic E-state index is 0.0178. The van der Waals surface area contributed by atoms with Crippen LogP contribution in [0, 0.1) is 11.6 Å². The number of ether oxygens (including phenoxy) is 1. The van der Waals surface area contributed by atoms with Gasteiger partial charge in [0.1, 0.15) is 18.2 Å². The zero-order valence-corrected chi connectivity index (χ0v) is 11.0. The van der Waals surface area contributed by atoms with Crippen LogP contribution in [0.1, 0.15) is 15.9 Å². The highest BCUT2D eigenvalue weighted by Crippen LogP contribution is 2.19. The summed E-state index contributed by atoms with van der Waals surface area (Å²) in [6.07, 6.45) is 0. The summed E-state index contributed by atoms with van der Waals surface area (Å²) >= 11 is 5.84. The number of rotatable bonds is 3. The highest BCUT2D eigenvalue weighted by Gasteiger charge is 2.11. The molecule has 0 aliphatic heterocycles. The molecular formula is C14H10ClF2NO2. The smallest absolute Gasteiger partial charge is 0.338 e. The van der Waals surface area contributed by atoms with Crippen LogP contribution in [0.4, 0.5) is 14.5 Å². The molecule has 2 rings (SSSR count). The summed E-state index contributed by atoms with van der Waals surface area (Å²) in [5.41, 5.74) is 5.59. The normalized spacial score (nSPS) is 10.3. The maximum absolute atomic E-state index is 13.2. The molecule has 0 heterocycles. The number of carbonyl (C=O) groups is 1. The van der Waals surface area contributed by atoms with Crippen molar-refractivity contribution in [3.63, 3.8) is 0 Å². The van der Waals surface area contributed by atoms with Gasteiger partial charge in [0.15, 0.2) is 0 Å². The van der Waals surface area contributed by atoms with Gasteiger partial charge in [0, 0.05) is 10.6 Å². The minimum atomic E-state index is -0.746. The van der Waals surface area contributed by atoms with E-state index in [-0.39, 0.29) is 22.9 Å². The third-order valence-electron chi connectivity index (χ3n) is 2.60. The fourth-order valence-corrected chi connectivity index (χ4v) is 1.71. The van der Waals surface area contributed by atoms with Crippen LogP contribution in [-0.4, -0.2) is 5.97 Å². The second kappa shape index (κ2) is 5.88. The van der Waals surface area contributed by atoms with E-state index in [0.717, 1.165) is 6.07 Å². The molecule has 0 fully saturated rings. The van der Waals surface area contributed by atoms with Gasteiger partial charge in [-0.3, -0.25) is 0 Å². The molecule has 3 nitrogen and oxygen atoms in total. The quantitative estimate of drug-likeness (QED) is 0.696. The Bertz CT molecular complexity index is 662. The van der Waals surface area contributed by atoms with E-state index in [1.807, 2.05) is 0 Å². The first-order valence-electron chi connectivity index (χ1n) is 5.63. The Hall–Kier alpha value is -2.14. The lowest BCUT2D eigenvalue weighted by Gasteiger charge is -2.07. The molecule has 0 saturated heterocycles. The van der Waals surface area contributed by atoms with Crippen LogP contribution in [0.15, 0.2) is 36.4 Å². The number of nitrogens with two attached hydrogens (primary N) is 1. The molecule has 0 unspecified atom stereocenters. The summed E-state index contributed by atoms with van der Waals surface area (Å²) in [4.78, 5) is 11.7. The summed E-state index contributed by atoms with van der Waals surface area (Å²) in [6.45, 7) is -0.207. The molecule has 104 valence electrons. The monoisotopic (exact) mass is 297 g/mol. The molecule has 20 heavy (non-hydrogen) atoms. The van der Waals surface area contributed by atoms with Crippen LogP contribution in [0.3, 0.4) is 0 Å². The SMILES string of the molecule is Nc1ccc(C(=O)OCc2cc(F)ccc2Cl)cc1F. The molecule has 0 radical (unpaired) electrons. The van der Waals surface area contributed by atoms with Crippen molar-refractivity contribution in [2.45, 2.75) is 6.61 Å².